The molecule has 0 unspecified atom stereocenters. The van der Waals surface area contributed by atoms with E-state index in [1.54, 1.807) is 20.0 Å². The van der Waals surface area contributed by atoms with Crippen LogP contribution in [-0.2, 0) is 17.3 Å². The maximum absolute atomic E-state index is 14.5. The zero-order valence-electron chi connectivity index (χ0n) is 16.4. The molecule has 0 saturated carbocycles. The number of fused-ring (bicyclic) bond motifs is 1. The Hall–Kier alpha value is -2.76. The molecule has 1 N–H and O–H groups in total. The summed E-state index contributed by atoms with van der Waals surface area (Å²) in [5.74, 6) is -1.10. The predicted molar refractivity (Wildman–Crippen MR) is 112 cm³/mol. The normalized spacial score (nSPS) is 15.1. The fraction of sp³-hybridized carbons (Fsp3) is 0.263. The second-order valence-corrected chi connectivity index (χ2v) is 9.15. The van der Waals surface area contributed by atoms with Crippen molar-refractivity contribution in [3.05, 3.63) is 57.3 Å². The van der Waals surface area contributed by atoms with Crippen molar-refractivity contribution in [2.45, 2.75) is 13.1 Å². The largest absolute Gasteiger partial charge is 0.452 e. The lowest BCUT2D eigenvalue weighted by atomic mass is 10.1. The number of hydrogen-bond donors (Lipinski definition) is 1. The van der Waals surface area contributed by atoms with Crippen LogP contribution in [0.15, 0.2) is 35.4 Å². The van der Waals surface area contributed by atoms with Gasteiger partial charge in [-0.15, -0.1) is 0 Å². The summed E-state index contributed by atoms with van der Waals surface area (Å²) >= 11 is 6.23. The molecule has 0 bridgehead atoms. The molecule has 8 nitrogen and oxygen atoms in total. The van der Waals surface area contributed by atoms with Crippen LogP contribution < -0.4 is 15.0 Å². The Balaban J connectivity index is 1.71. The molecule has 164 valence electrons. The van der Waals surface area contributed by atoms with E-state index in [9.17, 15) is 22.0 Å². The van der Waals surface area contributed by atoms with Crippen molar-refractivity contribution >= 4 is 38.4 Å². The number of hydrogen-bond acceptors (Lipinski definition) is 5. The van der Waals surface area contributed by atoms with Crippen LogP contribution in [0.1, 0.15) is 5.56 Å². The zero-order chi connectivity index (χ0) is 22.5. The van der Waals surface area contributed by atoms with E-state index in [0.717, 1.165) is 16.4 Å². The van der Waals surface area contributed by atoms with E-state index in [4.69, 9.17) is 16.3 Å². The number of ether oxygens (including phenoxy) is 1. The monoisotopic (exact) mass is 470 g/mol. The summed E-state index contributed by atoms with van der Waals surface area (Å²) in [5.41, 5.74) is 0.433. The fourth-order valence-corrected chi connectivity index (χ4v) is 4.74. The Morgan fingerprint density at radius 1 is 1.26 bits per heavy atom. The van der Waals surface area contributed by atoms with E-state index in [2.05, 4.69) is 9.71 Å². The standard InChI is InChI=1S/C19H17ClF2N4O4S/c1-10-15(6-5-13-16(10)19(27)25(2)9-23-13)30-18-12(22)3-4-14(17(18)20)24-31(28,29)26-7-11(21)8-26/h3-6,9,11,24H,7-8H2,1-2H3. The average molecular weight is 471 g/mol. The number of anilines is 1. The predicted octanol–water partition coefficient (Wildman–Crippen LogP) is 3.14. The van der Waals surface area contributed by atoms with E-state index < -0.39 is 27.9 Å². The van der Waals surface area contributed by atoms with Crippen molar-refractivity contribution < 1.29 is 21.9 Å². The molecule has 1 aromatic heterocycles. The van der Waals surface area contributed by atoms with Crippen molar-refractivity contribution in [3.8, 4) is 11.5 Å². The highest BCUT2D eigenvalue weighted by atomic mass is 35.5. The maximum atomic E-state index is 14.5. The van der Waals surface area contributed by atoms with Gasteiger partial charge in [-0.1, -0.05) is 11.6 Å². The summed E-state index contributed by atoms with van der Waals surface area (Å²) in [6, 6.07) is 5.19. The highest BCUT2D eigenvalue weighted by Gasteiger charge is 2.36. The van der Waals surface area contributed by atoms with E-state index in [-0.39, 0.29) is 35.1 Å². The molecule has 2 heterocycles. The first-order valence-electron chi connectivity index (χ1n) is 9.11. The summed E-state index contributed by atoms with van der Waals surface area (Å²) < 4.78 is 62.2. The molecule has 1 saturated heterocycles. The second-order valence-electron chi connectivity index (χ2n) is 7.10. The van der Waals surface area contributed by atoms with Crippen LogP contribution in [0.3, 0.4) is 0 Å². The minimum atomic E-state index is -4.05. The summed E-state index contributed by atoms with van der Waals surface area (Å²) in [6.07, 6.45) is 0.164. The zero-order valence-corrected chi connectivity index (χ0v) is 18.0. The molecule has 3 aromatic rings. The average Bonchev–Trinajstić information content (AvgIpc) is 2.69. The molecular weight excluding hydrogens is 454 g/mol. The fourth-order valence-electron chi connectivity index (χ4n) is 3.15. The Bertz CT molecular complexity index is 1360. The number of aryl methyl sites for hydroxylation is 2. The minimum Gasteiger partial charge on any atom is -0.452 e. The first-order valence-corrected chi connectivity index (χ1v) is 10.9. The molecular formula is C19H17ClF2N4O4S. The van der Waals surface area contributed by atoms with Crippen molar-refractivity contribution in [1.29, 1.82) is 0 Å². The lowest BCUT2D eigenvalue weighted by Crippen LogP contribution is -2.53. The van der Waals surface area contributed by atoms with Crippen LogP contribution >= 0.6 is 11.6 Å². The van der Waals surface area contributed by atoms with Gasteiger partial charge >= 0.3 is 10.2 Å². The molecule has 12 heteroatoms. The van der Waals surface area contributed by atoms with Crippen LogP contribution in [0.5, 0.6) is 11.5 Å². The molecule has 4 rings (SSSR count). The Morgan fingerprint density at radius 2 is 1.97 bits per heavy atom. The van der Waals surface area contributed by atoms with Gasteiger partial charge in [-0.2, -0.15) is 12.7 Å². The molecule has 1 aliphatic heterocycles. The second kappa shape index (κ2) is 7.74. The highest BCUT2D eigenvalue weighted by molar-refractivity contribution is 7.90. The molecule has 1 fully saturated rings. The molecule has 31 heavy (non-hydrogen) atoms. The number of nitrogens with one attached hydrogen (secondary N) is 1. The molecule has 2 aromatic carbocycles. The minimum absolute atomic E-state index is 0.128. The number of aromatic nitrogens is 2. The van der Waals surface area contributed by atoms with Gasteiger partial charge in [-0.05, 0) is 31.2 Å². The number of nitrogens with zero attached hydrogens (tertiary/aromatic N) is 3. The summed E-state index contributed by atoms with van der Waals surface area (Å²) in [6.45, 7) is 1.09. The van der Waals surface area contributed by atoms with Gasteiger partial charge in [0.15, 0.2) is 11.6 Å². The molecule has 0 atom stereocenters. The first-order chi connectivity index (χ1) is 14.6. The van der Waals surface area contributed by atoms with Gasteiger partial charge in [0, 0.05) is 25.7 Å². The maximum Gasteiger partial charge on any atom is 0.301 e. The molecule has 0 spiro atoms. The lowest BCUT2D eigenvalue weighted by molar-refractivity contribution is 0.142. The van der Waals surface area contributed by atoms with E-state index in [1.165, 1.54) is 17.0 Å². The molecule has 1 aliphatic rings. The van der Waals surface area contributed by atoms with Gasteiger partial charge in [0.2, 0.25) is 0 Å². The summed E-state index contributed by atoms with van der Waals surface area (Å²) in [7, 11) is -2.50. The van der Waals surface area contributed by atoms with Crippen LogP contribution in [0.4, 0.5) is 14.5 Å². The Kier molecular flexibility index (Phi) is 5.36. The number of halogens is 3. The van der Waals surface area contributed by atoms with Gasteiger partial charge in [-0.3, -0.25) is 9.52 Å². The van der Waals surface area contributed by atoms with Crippen molar-refractivity contribution in [2.75, 3.05) is 17.8 Å². The lowest BCUT2D eigenvalue weighted by Gasteiger charge is -2.33. The number of benzene rings is 2. The molecule has 0 amide bonds. The smallest absolute Gasteiger partial charge is 0.301 e. The molecule has 0 radical (unpaired) electrons. The van der Waals surface area contributed by atoms with Gasteiger partial charge in [0.05, 0.1) is 22.9 Å². The number of rotatable bonds is 5. The van der Waals surface area contributed by atoms with Crippen molar-refractivity contribution in [3.63, 3.8) is 0 Å². The van der Waals surface area contributed by atoms with Crippen LogP contribution in [0.25, 0.3) is 10.9 Å². The molecule has 0 aliphatic carbocycles. The van der Waals surface area contributed by atoms with Gasteiger partial charge in [-0.25, -0.2) is 13.8 Å². The van der Waals surface area contributed by atoms with E-state index in [1.807, 2.05) is 0 Å². The number of alkyl halides is 1. The third-order valence-electron chi connectivity index (χ3n) is 4.94. The first kappa shape index (κ1) is 21.5. The summed E-state index contributed by atoms with van der Waals surface area (Å²) in [5, 5.41) is -0.0195. The highest BCUT2D eigenvalue weighted by Crippen LogP contribution is 2.39. The van der Waals surface area contributed by atoms with Crippen molar-refractivity contribution in [2.24, 2.45) is 7.05 Å². The Labute approximate surface area is 181 Å². The van der Waals surface area contributed by atoms with E-state index >= 15 is 0 Å². The van der Waals surface area contributed by atoms with Crippen molar-refractivity contribution in [1.82, 2.24) is 13.9 Å². The Morgan fingerprint density at radius 3 is 2.65 bits per heavy atom. The van der Waals surface area contributed by atoms with Gasteiger partial charge in [0.1, 0.15) is 16.9 Å². The van der Waals surface area contributed by atoms with Crippen LogP contribution in [0, 0.1) is 12.7 Å². The SMILES string of the molecule is Cc1c(Oc2c(F)ccc(NS(=O)(=O)N3CC(F)C3)c2Cl)ccc2ncn(C)c(=O)c12. The summed E-state index contributed by atoms with van der Waals surface area (Å²) in [4.78, 5) is 16.7. The third kappa shape index (κ3) is 3.84. The topological polar surface area (TPSA) is 93.5 Å². The van der Waals surface area contributed by atoms with Crippen LogP contribution in [0.2, 0.25) is 5.02 Å². The van der Waals surface area contributed by atoms with Gasteiger partial charge in [0.25, 0.3) is 5.56 Å². The third-order valence-corrected chi connectivity index (χ3v) is 6.77. The van der Waals surface area contributed by atoms with E-state index in [0.29, 0.717) is 16.5 Å². The van der Waals surface area contributed by atoms with Gasteiger partial charge < -0.3 is 9.30 Å². The van der Waals surface area contributed by atoms with Crippen LogP contribution in [-0.4, -0.2) is 41.5 Å². The quantitative estimate of drug-likeness (QED) is 0.618.